The lowest BCUT2D eigenvalue weighted by atomic mass is 10.4. The summed E-state index contributed by atoms with van der Waals surface area (Å²) >= 11 is 2.15. The van der Waals surface area contributed by atoms with Crippen molar-refractivity contribution >= 4 is 15.9 Å². The minimum atomic E-state index is -2.87. The number of hydrogen-bond donors (Lipinski definition) is 0. The number of hydrogen-bond acceptors (Lipinski definition) is 0. The molecule has 0 nitrogen and oxygen atoms in total. The Morgan fingerprint density at radius 3 is 2.22 bits per heavy atom. The highest BCUT2D eigenvalue weighted by Gasteiger charge is 2.17. The topological polar surface area (TPSA) is 0 Å². The molecule has 0 atom stereocenters. The van der Waals surface area contributed by atoms with Crippen molar-refractivity contribution in [1.82, 2.24) is 0 Å². The molecule has 0 rings (SSSR count). The fourth-order valence-corrected chi connectivity index (χ4v) is 0.428. The quantitative estimate of drug-likeness (QED) is 0.471. The van der Waals surface area contributed by atoms with Gasteiger partial charge < -0.3 is 0 Å². The first-order valence-electron chi connectivity index (χ1n) is 2.43. The van der Waals surface area contributed by atoms with E-state index in [1.165, 1.54) is 12.2 Å². The van der Waals surface area contributed by atoms with Gasteiger partial charge in [0, 0.05) is 0 Å². The molecule has 0 aliphatic rings. The molecule has 0 N–H and O–H groups in total. The Balaban J connectivity index is 3.71. The van der Waals surface area contributed by atoms with Crippen molar-refractivity contribution in [3.05, 3.63) is 24.3 Å². The van der Waals surface area contributed by atoms with Crippen LogP contribution in [0, 0.1) is 0 Å². The van der Waals surface area contributed by atoms with E-state index in [1.807, 2.05) is 0 Å². The van der Waals surface area contributed by atoms with Crippen LogP contribution in [0.5, 0.6) is 0 Å². The van der Waals surface area contributed by atoms with Crippen LogP contribution in [-0.4, -0.2) is 4.83 Å². The van der Waals surface area contributed by atoms with Gasteiger partial charge in [0.15, 0.2) is 0 Å². The summed E-state index contributed by atoms with van der Waals surface area (Å²) in [6, 6.07) is 0. The van der Waals surface area contributed by atoms with Crippen LogP contribution in [0.2, 0.25) is 0 Å². The van der Waals surface area contributed by atoms with E-state index in [2.05, 4.69) is 15.9 Å². The van der Waals surface area contributed by atoms with E-state index in [-0.39, 0.29) is 0 Å². The lowest BCUT2D eigenvalue weighted by Crippen LogP contribution is -1.96. The Hall–Kier alpha value is -0.180. The zero-order valence-electron chi connectivity index (χ0n) is 4.94. The van der Waals surface area contributed by atoms with Gasteiger partial charge in [0.1, 0.15) is 0 Å². The van der Waals surface area contributed by atoms with Crippen LogP contribution in [0.15, 0.2) is 24.3 Å². The highest BCUT2D eigenvalue weighted by Crippen LogP contribution is 2.22. The summed E-state index contributed by atoms with van der Waals surface area (Å²) in [5.41, 5.74) is 0. The van der Waals surface area contributed by atoms with Gasteiger partial charge in [-0.2, -0.15) is 8.78 Å². The molecule has 0 heterocycles. The summed E-state index contributed by atoms with van der Waals surface area (Å²) in [7, 11) is 0. The van der Waals surface area contributed by atoms with Gasteiger partial charge >= 0.3 is 4.83 Å². The zero-order valence-corrected chi connectivity index (χ0v) is 6.53. The maximum Gasteiger partial charge on any atom is 0.320 e. The van der Waals surface area contributed by atoms with Crippen LogP contribution >= 0.6 is 15.9 Å². The normalized spacial score (nSPS) is 13.8. The Bertz CT molecular complexity index is 122. The number of rotatable bonds is 2. The third kappa shape index (κ3) is 7.82. The second-order valence-electron chi connectivity index (χ2n) is 1.43. The Labute approximate surface area is 61.4 Å². The first-order valence-corrected chi connectivity index (χ1v) is 3.23. The second-order valence-corrected chi connectivity index (χ2v) is 2.48. The second kappa shape index (κ2) is 3.77. The SMILES string of the molecule is C/C=C/C=C/C(F)(F)Br. The predicted molar refractivity (Wildman–Crippen MR) is 37.8 cm³/mol. The van der Waals surface area contributed by atoms with E-state index in [0.717, 1.165) is 6.08 Å². The van der Waals surface area contributed by atoms with E-state index < -0.39 is 4.83 Å². The van der Waals surface area contributed by atoms with Gasteiger partial charge in [-0.15, -0.1) is 0 Å². The van der Waals surface area contributed by atoms with Crippen molar-refractivity contribution < 1.29 is 8.78 Å². The van der Waals surface area contributed by atoms with E-state index in [1.54, 1.807) is 13.0 Å². The summed E-state index contributed by atoms with van der Waals surface area (Å²) in [6.07, 6.45) is 5.27. The van der Waals surface area contributed by atoms with Gasteiger partial charge in [0.2, 0.25) is 0 Å². The summed E-state index contributed by atoms with van der Waals surface area (Å²) < 4.78 is 23.7. The Kier molecular flexibility index (Phi) is 3.70. The molecular formula is C6H7BrF2. The molecule has 0 aromatic rings. The lowest BCUT2D eigenvalue weighted by molar-refractivity contribution is 0.171. The standard InChI is InChI=1S/C6H7BrF2/c1-2-3-4-5-6(7,8)9/h2-5H,1H3/b3-2+,5-4+. The van der Waals surface area contributed by atoms with Crippen LogP contribution in [0.1, 0.15) is 6.92 Å². The maximum absolute atomic E-state index is 11.8. The summed E-state index contributed by atoms with van der Waals surface area (Å²) in [6.45, 7) is 1.76. The number of alkyl halides is 3. The third-order valence-electron chi connectivity index (χ3n) is 0.589. The highest BCUT2D eigenvalue weighted by molar-refractivity contribution is 9.10. The van der Waals surface area contributed by atoms with E-state index in [4.69, 9.17) is 0 Å². The number of halogens is 3. The average Bonchev–Trinajstić information content (AvgIpc) is 1.63. The smallest absolute Gasteiger partial charge is 0.189 e. The first-order chi connectivity index (χ1) is 4.06. The van der Waals surface area contributed by atoms with Crippen molar-refractivity contribution in [2.45, 2.75) is 11.8 Å². The molecular weight excluding hydrogens is 190 g/mol. The molecule has 0 unspecified atom stereocenters. The molecule has 0 saturated heterocycles. The molecule has 3 heteroatoms. The third-order valence-corrected chi connectivity index (χ3v) is 0.853. The zero-order chi connectivity index (χ0) is 7.33. The van der Waals surface area contributed by atoms with Gasteiger partial charge in [0.25, 0.3) is 0 Å². The van der Waals surface area contributed by atoms with Gasteiger partial charge in [-0.05, 0) is 28.9 Å². The van der Waals surface area contributed by atoms with Crippen LogP contribution < -0.4 is 0 Å². The maximum atomic E-state index is 11.8. The van der Waals surface area contributed by atoms with E-state index in [9.17, 15) is 8.78 Å². The predicted octanol–water partition coefficient (Wildman–Crippen LogP) is 3.11. The van der Waals surface area contributed by atoms with Crippen molar-refractivity contribution in [2.75, 3.05) is 0 Å². The van der Waals surface area contributed by atoms with Gasteiger partial charge in [-0.25, -0.2) is 0 Å². The van der Waals surface area contributed by atoms with E-state index in [0.29, 0.717) is 0 Å². The molecule has 9 heavy (non-hydrogen) atoms. The van der Waals surface area contributed by atoms with Crippen molar-refractivity contribution in [3.8, 4) is 0 Å². The monoisotopic (exact) mass is 196 g/mol. The van der Waals surface area contributed by atoms with Gasteiger partial charge in [0.05, 0.1) is 0 Å². The van der Waals surface area contributed by atoms with Gasteiger partial charge in [-0.1, -0.05) is 18.2 Å². The minimum Gasteiger partial charge on any atom is -0.189 e. The fourth-order valence-electron chi connectivity index (χ4n) is 0.276. The van der Waals surface area contributed by atoms with Crippen LogP contribution in [-0.2, 0) is 0 Å². The summed E-state index contributed by atoms with van der Waals surface area (Å²) in [5, 5.41) is 0. The van der Waals surface area contributed by atoms with Crippen molar-refractivity contribution in [3.63, 3.8) is 0 Å². The molecule has 0 aromatic heterocycles. The largest absolute Gasteiger partial charge is 0.320 e. The van der Waals surface area contributed by atoms with Crippen molar-refractivity contribution in [2.24, 2.45) is 0 Å². The van der Waals surface area contributed by atoms with Crippen molar-refractivity contribution in [1.29, 1.82) is 0 Å². The molecule has 52 valence electrons. The molecule has 0 aliphatic carbocycles. The highest BCUT2D eigenvalue weighted by atomic mass is 79.9. The number of allylic oxidation sites excluding steroid dienone is 4. The Morgan fingerprint density at radius 1 is 1.33 bits per heavy atom. The molecule has 0 bridgehead atoms. The van der Waals surface area contributed by atoms with E-state index >= 15 is 0 Å². The van der Waals surface area contributed by atoms with Crippen LogP contribution in [0.4, 0.5) is 8.78 Å². The fraction of sp³-hybridized carbons (Fsp3) is 0.333. The Morgan fingerprint density at radius 2 is 1.89 bits per heavy atom. The lowest BCUT2D eigenvalue weighted by Gasteiger charge is -1.96. The van der Waals surface area contributed by atoms with Crippen LogP contribution in [0.25, 0.3) is 0 Å². The summed E-state index contributed by atoms with van der Waals surface area (Å²) in [5.74, 6) is 0. The molecule has 0 fully saturated rings. The molecule has 0 radical (unpaired) electrons. The minimum absolute atomic E-state index is 0.771. The van der Waals surface area contributed by atoms with Gasteiger partial charge in [-0.3, -0.25) is 0 Å². The molecule has 0 saturated carbocycles. The summed E-state index contributed by atoms with van der Waals surface area (Å²) in [4.78, 5) is -2.87. The molecule has 0 aliphatic heterocycles. The van der Waals surface area contributed by atoms with Crippen LogP contribution in [0.3, 0.4) is 0 Å². The molecule has 0 aromatic carbocycles. The first kappa shape index (κ1) is 8.82. The molecule has 0 amide bonds. The molecule has 0 spiro atoms. The average molecular weight is 197 g/mol.